The summed E-state index contributed by atoms with van der Waals surface area (Å²) in [6.45, 7) is 2.75. The van der Waals surface area contributed by atoms with E-state index in [0.29, 0.717) is 25.2 Å². The molecule has 0 saturated heterocycles. The number of aromatic nitrogens is 1. The van der Waals surface area contributed by atoms with E-state index >= 15 is 0 Å². The van der Waals surface area contributed by atoms with Crippen LogP contribution in [0.4, 0.5) is 0 Å². The Morgan fingerprint density at radius 3 is 3.00 bits per heavy atom. The Morgan fingerprint density at radius 2 is 2.41 bits per heavy atom. The van der Waals surface area contributed by atoms with Crippen LogP contribution in [0.5, 0.6) is 0 Å². The van der Waals surface area contributed by atoms with Gasteiger partial charge in [-0.25, -0.2) is 4.98 Å². The van der Waals surface area contributed by atoms with E-state index in [-0.39, 0.29) is 11.2 Å². The van der Waals surface area contributed by atoms with E-state index in [0.717, 1.165) is 5.01 Å². The van der Waals surface area contributed by atoms with E-state index in [1.807, 2.05) is 6.92 Å². The Labute approximate surface area is 107 Å². The number of nitrogens with two attached hydrogens (primary N) is 1. The number of nitrogens with zero attached hydrogens (tertiary/aromatic N) is 1. The molecule has 0 aliphatic heterocycles. The van der Waals surface area contributed by atoms with Gasteiger partial charge in [-0.2, -0.15) is 0 Å². The smallest absolute Gasteiger partial charge is 0.270 e. The molecule has 2 unspecified atom stereocenters. The molecule has 0 aliphatic rings. The lowest BCUT2D eigenvalue weighted by atomic mass is 10.4. The number of nitrogens with one attached hydrogen (secondary N) is 1. The van der Waals surface area contributed by atoms with Gasteiger partial charge in [0.25, 0.3) is 5.91 Å². The number of carbonyl (C=O) groups excluding carboxylic acids is 1. The number of hydrogen-bond acceptors (Lipinski definition) is 5. The van der Waals surface area contributed by atoms with Crippen molar-refractivity contribution in [2.45, 2.75) is 18.6 Å². The lowest BCUT2D eigenvalue weighted by molar-refractivity contribution is 0.0949. The molecule has 0 fully saturated rings. The van der Waals surface area contributed by atoms with Crippen LogP contribution in [0.15, 0.2) is 5.38 Å². The van der Waals surface area contributed by atoms with E-state index in [2.05, 4.69) is 10.3 Å². The second kappa shape index (κ2) is 6.83. The molecule has 3 N–H and O–H groups in total. The van der Waals surface area contributed by atoms with Gasteiger partial charge < -0.3 is 11.1 Å². The van der Waals surface area contributed by atoms with E-state index in [4.69, 9.17) is 5.73 Å². The maximum atomic E-state index is 11.7. The average Bonchev–Trinajstić information content (AvgIpc) is 2.74. The molecule has 1 aromatic heterocycles. The first kappa shape index (κ1) is 14.3. The minimum absolute atomic E-state index is 0.0545. The van der Waals surface area contributed by atoms with Gasteiger partial charge >= 0.3 is 0 Å². The van der Waals surface area contributed by atoms with Crippen LogP contribution >= 0.6 is 11.3 Å². The highest BCUT2D eigenvalue weighted by Gasteiger charge is 2.12. The third-order valence-electron chi connectivity index (χ3n) is 2.26. The molecule has 1 rings (SSSR count). The predicted molar refractivity (Wildman–Crippen MR) is 70.7 cm³/mol. The quantitative estimate of drug-likeness (QED) is 0.773. The highest BCUT2D eigenvalue weighted by Crippen LogP contribution is 2.09. The second-order valence-electron chi connectivity index (χ2n) is 3.68. The van der Waals surface area contributed by atoms with Crippen LogP contribution in [-0.4, -0.2) is 39.7 Å². The van der Waals surface area contributed by atoms with Crippen molar-refractivity contribution in [1.82, 2.24) is 10.3 Å². The first-order chi connectivity index (χ1) is 8.04. The molecule has 0 aromatic carbocycles. The summed E-state index contributed by atoms with van der Waals surface area (Å²) >= 11 is 1.43. The number of carbonyl (C=O) groups is 1. The van der Waals surface area contributed by atoms with Crippen molar-refractivity contribution >= 4 is 28.0 Å². The van der Waals surface area contributed by atoms with Gasteiger partial charge in [-0.15, -0.1) is 11.3 Å². The van der Waals surface area contributed by atoms with E-state index in [1.165, 1.54) is 11.3 Å². The van der Waals surface area contributed by atoms with Crippen molar-refractivity contribution in [2.24, 2.45) is 5.73 Å². The van der Waals surface area contributed by atoms with Crippen LogP contribution in [0.2, 0.25) is 0 Å². The van der Waals surface area contributed by atoms with Crippen LogP contribution in [0.25, 0.3) is 0 Å². The van der Waals surface area contributed by atoms with Crippen molar-refractivity contribution in [3.8, 4) is 0 Å². The van der Waals surface area contributed by atoms with Crippen molar-refractivity contribution in [1.29, 1.82) is 0 Å². The fourth-order valence-corrected chi connectivity index (χ4v) is 2.21. The standard InChI is InChI=1S/C10H17N3O2S2/c1-7(17(2)15)5-12-10(14)8-6-16-9(13-8)3-4-11/h6-7H,3-5,11H2,1-2H3,(H,12,14). The molecule has 0 bridgehead atoms. The number of thiazole rings is 1. The summed E-state index contributed by atoms with van der Waals surface area (Å²) in [6, 6.07) is 0. The molecule has 96 valence electrons. The summed E-state index contributed by atoms with van der Waals surface area (Å²) in [5.74, 6) is -0.221. The van der Waals surface area contributed by atoms with Crippen molar-refractivity contribution in [3.05, 3.63) is 16.1 Å². The van der Waals surface area contributed by atoms with Crippen LogP contribution in [0, 0.1) is 0 Å². The monoisotopic (exact) mass is 275 g/mol. The van der Waals surface area contributed by atoms with Crippen molar-refractivity contribution in [2.75, 3.05) is 19.3 Å². The fourth-order valence-electron chi connectivity index (χ4n) is 1.10. The Bertz CT molecular complexity index is 406. The molecule has 1 amide bonds. The Balaban J connectivity index is 2.49. The average molecular weight is 275 g/mol. The zero-order valence-electron chi connectivity index (χ0n) is 9.93. The third kappa shape index (κ3) is 4.53. The summed E-state index contributed by atoms with van der Waals surface area (Å²) < 4.78 is 11.1. The van der Waals surface area contributed by atoms with Crippen molar-refractivity contribution < 1.29 is 9.00 Å². The minimum Gasteiger partial charge on any atom is -0.349 e. The summed E-state index contributed by atoms with van der Waals surface area (Å²) in [7, 11) is -0.930. The molecule has 7 heteroatoms. The van der Waals surface area contributed by atoms with E-state index in [9.17, 15) is 9.00 Å². The molecule has 0 spiro atoms. The van der Waals surface area contributed by atoms with Gasteiger partial charge in [0.1, 0.15) is 5.69 Å². The lowest BCUT2D eigenvalue weighted by Crippen LogP contribution is -2.32. The van der Waals surface area contributed by atoms with Gasteiger partial charge in [-0.05, 0) is 13.5 Å². The van der Waals surface area contributed by atoms with Crippen LogP contribution in [0.1, 0.15) is 22.4 Å². The SMILES string of the molecule is CC(CNC(=O)c1csc(CCN)n1)S(C)=O. The van der Waals surface area contributed by atoms with Gasteiger partial charge in [0.05, 0.1) is 5.01 Å². The molecule has 0 saturated carbocycles. The largest absolute Gasteiger partial charge is 0.349 e. The summed E-state index contributed by atoms with van der Waals surface area (Å²) in [5, 5.41) is 5.24. The lowest BCUT2D eigenvalue weighted by Gasteiger charge is -2.08. The zero-order valence-corrected chi connectivity index (χ0v) is 11.6. The molecule has 0 radical (unpaired) electrons. The van der Waals surface area contributed by atoms with Gasteiger partial charge in [0.15, 0.2) is 0 Å². The molecular weight excluding hydrogens is 258 g/mol. The number of amides is 1. The Kier molecular flexibility index (Phi) is 5.73. The summed E-state index contributed by atoms with van der Waals surface area (Å²) in [4.78, 5) is 15.9. The summed E-state index contributed by atoms with van der Waals surface area (Å²) in [5.41, 5.74) is 5.82. The molecule has 1 heterocycles. The highest BCUT2D eigenvalue weighted by molar-refractivity contribution is 7.84. The number of rotatable bonds is 6. The van der Waals surface area contributed by atoms with Crippen molar-refractivity contribution in [3.63, 3.8) is 0 Å². The van der Waals surface area contributed by atoms with E-state index in [1.54, 1.807) is 11.6 Å². The predicted octanol–water partition coefficient (Wildman–Crippen LogP) is 0.141. The molecular formula is C10H17N3O2S2. The summed E-state index contributed by atoms with van der Waals surface area (Å²) in [6.07, 6.45) is 2.31. The van der Waals surface area contributed by atoms with Crippen LogP contribution in [-0.2, 0) is 17.2 Å². The first-order valence-electron chi connectivity index (χ1n) is 5.29. The first-order valence-corrected chi connectivity index (χ1v) is 7.79. The molecule has 5 nitrogen and oxygen atoms in total. The highest BCUT2D eigenvalue weighted by atomic mass is 32.2. The topological polar surface area (TPSA) is 85.1 Å². The maximum absolute atomic E-state index is 11.7. The van der Waals surface area contributed by atoms with E-state index < -0.39 is 10.8 Å². The molecule has 1 aromatic rings. The van der Waals surface area contributed by atoms with Gasteiger partial charge in [-0.1, -0.05) is 0 Å². The Hall–Kier alpha value is -0.790. The van der Waals surface area contributed by atoms with Crippen LogP contribution < -0.4 is 11.1 Å². The van der Waals surface area contributed by atoms with Gasteiger partial charge in [0.2, 0.25) is 0 Å². The normalized spacial score (nSPS) is 14.3. The zero-order chi connectivity index (χ0) is 12.8. The van der Waals surface area contributed by atoms with Gasteiger partial charge in [0, 0.05) is 40.7 Å². The minimum atomic E-state index is -0.930. The molecule has 0 aliphatic carbocycles. The third-order valence-corrected chi connectivity index (χ3v) is 4.47. The second-order valence-corrected chi connectivity index (χ2v) is 6.43. The van der Waals surface area contributed by atoms with Crippen LogP contribution in [0.3, 0.4) is 0 Å². The fraction of sp³-hybridized carbons (Fsp3) is 0.600. The number of hydrogen-bond donors (Lipinski definition) is 2. The maximum Gasteiger partial charge on any atom is 0.270 e. The van der Waals surface area contributed by atoms with Gasteiger partial charge in [-0.3, -0.25) is 9.00 Å². The molecule has 2 atom stereocenters. The Morgan fingerprint density at radius 1 is 1.71 bits per heavy atom. The molecule has 17 heavy (non-hydrogen) atoms.